The standard InChI is InChI=1S/C19H23N6O18P3S3/c1-35-17(27)12-8(7(4-48-12)49-41-36-2)22-14(26)18-39-10-6(3-37-45(31,32)43-46(33,34)42-44(28,29)30)38-16(11(10)40-18)25-5-21-9-13(25)23-19(20)24-15(9)47/h4-6,10-11,16,18H,3H2,1-2H3,(H,22,26)(H,31,32)(H,33,34)(H2,28,29,30)(H3,20,23,24,47)/t6?,10?,11?,16?,18-/m1/s1. The smallest absolute Gasteiger partial charge is 0.465 e. The number of H-pyrrole nitrogens is 1. The van der Waals surface area contributed by atoms with Crippen molar-refractivity contribution in [2.45, 2.75) is 35.7 Å². The van der Waals surface area contributed by atoms with Crippen LogP contribution in [0.25, 0.3) is 11.2 Å². The van der Waals surface area contributed by atoms with Crippen LogP contribution in [0.4, 0.5) is 11.6 Å². The van der Waals surface area contributed by atoms with Crippen LogP contribution in [0.2, 0.25) is 0 Å². The lowest BCUT2D eigenvalue weighted by Crippen LogP contribution is -2.34. The third-order valence-electron chi connectivity index (χ3n) is 6.17. The second-order valence-corrected chi connectivity index (χ2v) is 15.8. The van der Waals surface area contributed by atoms with Gasteiger partial charge in [-0.1, -0.05) is 12.2 Å². The van der Waals surface area contributed by atoms with E-state index >= 15 is 0 Å². The lowest BCUT2D eigenvalue weighted by Gasteiger charge is -2.22. The van der Waals surface area contributed by atoms with Crippen molar-refractivity contribution in [3.05, 3.63) is 21.2 Å². The molecule has 2 aliphatic rings. The first kappa shape index (κ1) is 38.0. The molecule has 24 nitrogen and oxygen atoms in total. The first-order valence-electron chi connectivity index (χ1n) is 12.8. The molecule has 3 aromatic heterocycles. The number of amides is 1. The van der Waals surface area contributed by atoms with Crippen molar-refractivity contribution in [2.24, 2.45) is 0 Å². The summed E-state index contributed by atoms with van der Waals surface area (Å²) in [6, 6.07) is 0. The average molecular weight is 813 g/mol. The molecule has 1 amide bonds. The lowest BCUT2D eigenvalue weighted by atomic mass is 10.1. The van der Waals surface area contributed by atoms with Gasteiger partial charge in [0.25, 0.3) is 5.91 Å². The third kappa shape index (κ3) is 8.81. The maximum absolute atomic E-state index is 13.5. The van der Waals surface area contributed by atoms with Gasteiger partial charge in [0, 0.05) is 5.38 Å². The molecule has 8 N–H and O–H groups in total. The molecule has 0 radical (unpaired) electrons. The number of phosphoric ester groups is 1. The van der Waals surface area contributed by atoms with Crippen LogP contribution in [0.5, 0.6) is 0 Å². The molecule has 49 heavy (non-hydrogen) atoms. The van der Waals surface area contributed by atoms with E-state index in [1.165, 1.54) is 23.4 Å². The summed E-state index contributed by atoms with van der Waals surface area (Å²) in [5.41, 5.74) is 6.06. The van der Waals surface area contributed by atoms with Crippen LogP contribution in [0.15, 0.2) is 16.6 Å². The minimum Gasteiger partial charge on any atom is -0.465 e. The molecule has 0 aliphatic carbocycles. The molecular weight excluding hydrogens is 789 g/mol. The van der Waals surface area contributed by atoms with Crippen LogP contribution < -0.4 is 11.1 Å². The number of aromatic nitrogens is 4. The number of hydrogen-bond acceptors (Lipinski definition) is 20. The molecule has 7 atom stereocenters. The molecule has 270 valence electrons. The summed E-state index contributed by atoms with van der Waals surface area (Å²) in [7, 11) is -14.7. The Labute approximate surface area is 285 Å². The molecule has 0 aromatic carbocycles. The van der Waals surface area contributed by atoms with Crippen molar-refractivity contribution < 1.29 is 84.2 Å². The molecule has 5 heterocycles. The zero-order valence-electron chi connectivity index (χ0n) is 24.2. The molecule has 0 saturated carbocycles. The van der Waals surface area contributed by atoms with Crippen molar-refractivity contribution >= 4 is 93.7 Å². The van der Waals surface area contributed by atoms with E-state index in [9.17, 15) is 33.1 Å². The summed E-state index contributed by atoms with van der Waals surface area (Å²) < 4.78 is 76.1. The number of nitrogen functional groups attached to an aromatic ring is 1. The normalized spacial score (nSPS) is 24.7. The molecule has 2 saturated heterocycles. The first-order chi connectivity index (χ1) is 22.9. The van der Waals surface area contributed by atoms with Crippen LogP contribution in [0.1, 0.15) is 15.9 Å². The Morgan fingerprint density at radius 3 is 2.53 bits per heavy atom. The number of nitrogens with two attached hydrogens (primary N) is 1. The highest BCUT2D eigenvalue weighted by molar-refractivity contribution is 7.94. The van der Waals surface area contributed by atoms with Crippen LogP contribution >= 0.6 is 59.1 Å². The van der Waals surface area contributed by atoms with Crippen LogP contribution in [-0.4, -0.2) is 96.4 Å². The largest absolute Gasteiger partial charge is 0.490 e. The van der Waals surface area contributed by atoms with Crippen molar-refractivity contribution in [1.82, 2.24) is 19.5 Å². The first-order valence-corrected chi connectivity index (χ1v) is 19.3. The van der Waals surface area contributed by atoms with Crippen molar-refractivity contribution in [3.63, 3.8) is 0 Å². The number of imidazole rings is 1. The monoisotopic (exact) mass is 812 g/mol. The Balaban J connectivity index is 1.41. The van der Waals surface area contributed by atoms with E-state index in [-0.39, 0.29) is 37.2 Å². The molecule has 30 heteroatoms. The van der Waals surface area contributed by atoms with E-state index in [4.69, 9.17) is 55.5 Å². The number of ether oxygens (including phenoxy) is 4. The zero-order valence-corrected chi connectivity index (χ0v) is 29.4. The highest BCUT2D eigenvalue weighted by atomic mass is 32.2. The van der Waals surface area contributed by atoms with Gasteiger partial charge in [0.2, 0.25) is 12.2 Å². The number of anilines is 2. The number of carbonyl (C=O) groups excluding carboxylic acids is 2. The zero-order chi connectivity index (χ0) is 35.9. The highest BCUT2D eigenvalue weighted by Crippen LogP contribution is 2.66. The Hall–Kier alpha value is -2.23. The molecule has 3 aromatic rings. The summed E-state index contributed by atoms with van der Waals surface area (Å²) in [5.74, 6) is -1.82. The Kier molecular flexibility index (Phi) is 11.5. The second-order valence-electron chi connectivity index (χ2n) is 9.36. The number of phosphoric acid groups is 3. The fraction of sp³-hybridized carbons (Fsp3) is 0.421. The quantitative estimate of drug-likeness (QED) is 0.0303. The van der Waals surface area contributed by atoms with Gasteiger partial charge in [0.15, 0.2) is 11.9 Å². The van der Waals surface area contributed by atoms with E-state index in [2.05, 4.69) is 33.8 Å². The van der Waals surface area contributed by atoms with Gasteiger partial charge in [-0.3, -0.25) is 13.9 Å². The van der Waals surface area contributed by atoms with Gasteiger partial charge >= 0.3 is 29.4 Å². The van der Waals surface area contributed by atoms with Crippen molar-refractivity contribution in [3.8, 4) is 0 Å². The van der Waals surface area contributed by atoms with E-state index in [1.807, 2.05) is 0 Å². The fourth-order valence-electron chi connectivity index (χ4n) is 4.43. The van der Waals surface area contributed by atoms with Gasteiger partial charge in [0.1, 0.15) is 33.3 Å². The predicted octanol–water partition coefficient (Wildman–Crippen LogP) is 1.49. The number of nitrogens with one attached hydrogen (secondary N) is 2. The number of fused-ring (bicyclic) bond motifs is 2. The van der Waals surface area contributed by atoms with E-state index in [0.717, 1.165) is 18.4 Å². The molecule has 0 spiro atoms. The summed E-state index contributed by atoms with van der Waals surface area (Å²) in [6.45, 7) is -0.965. The second kappa shape index (κ2) is 14.8. The minimum atomic E-state index is -5.83. The number of carbonyl (C=O) groups is 2. The number of methoxy groups -OCH3 is 1. The molecule has 6 unspecified atom stereocenters. The maximum atomic E-state index is 13.5. The van der Waals surface area contributed by atoms with Gasteiger partial charge in [-0.25, -0.2) is 28.4 Å². The Morgan fingerprint density at radius 1 is 1.14 bits per heavy atom. The van der Waals surface area contributed by atoms with Crippen molar-refractivity contribution in [1.29, 1.82) is 0 Å². The van der Waals surface area contributed by atoms with Crippen LogP contribution in [0.3, 0.4) is 0 Å². The third-order valence-corrected chi connectivity index (χ3v) is 12.1. The van der Waals surface area contributed by atoms with Crippen molar-refractivity contribution in [2.75, 3.05) is 31.9 Å². The Morgan fingerprint density at radius 2 is 1.86 bits per heavy atom. The molecule has 0 bridgehead atoms. The van der Waals surface area contributed by atoms with Gasteiger partial charge in [-0.05, 0) is 0 Å². The fourth-order valence-corrected chi connectivity index (χ4v) is 9.26. The molecular formula is C19H23N6O18P3S3. The SMILES string of the molecule is COOSc1csc(C(=O)OC)c1NC(=O)[C@@H]1OC2C(COP(=O)(O)OP(=O)(O)OP(=O)(O)O)OC(n3cnc4c(=S)[nH]c(N)nc43)C2O1. The minimum absolute atomic E-state index is 0.0172. The molecule has 5 rings (SSSR count). The van der Waals surface area contributed by atoms with Crippen LogP contribution in [-0.2, 0) is 59.8 Å². The Bertz CT molecular complexity index is 1950. The maximum Gasteiger partial charge on any atom is 0.490 e. The number of aromatic amines is 1. The number of hydrogen-bond donors (Lipinski definition) is 7. The average Bonchev–Trinajstić information content (AvgIpc) is 3.76. The summed E-state index contributed by atoms with van der Waals surface area (Å²) >= 11 is 6.84. The number of thiophene rings is 1. The van der Waals surface area contributed by atoms with E-state index in [1.54, 1.807) is 0 Å². The topological polar surface area (TPSA) is 334 Å². The predicted molar refractivity (Wildman–Crippen MR) is 163 cm³/mol. The highest BCUT2D eigenvalue weighted by Gasteiger charge is 2.56. The van der Waals surface area contributed by atoms with E-state index < -0.39 is 72.8 Å². The molecule has 2 fully saturated rings. The van der Waals surface area contributed by atoms with E-state index in [0.29, 0.717) is 12.0 Å². The summed E-state index contributed by atoms with van der Waals surface area (Å²) in [5, 5.41) is 3.99. The van der Waals surface area contributed by atoms with Gasteiger partial charge < -0.3 is 54.6 Å². The molecule has 2 aliphatic heterocycles. The lowest BCUT2D eigenvalue weighted by molar-refractivity contribution is -0.166. The van der Waals surface area contributed by atoms with Gasteiger partial charge in [-0.2, -0.15) is 17.9 Å². The van der Waals surface area contributed by atoms with Crippen LogP contribution in [0, 0.1) is 4.64 Å². The number of nitrogens with zero attached hydrogens (tertiary/aromatic N) is 3. The summed E-state index contributed by atoms with van der Waals surface area (Å²) in [6.07, 6.45) is -5.68. The van der Waals surface area contributed by atoms with Gasteiger partial charge in [-0.15, -0.1) is 11.3 Å². The summed E-state index contributed by atoms with van der Waals surface area (Å²) in [4.78, 5) is 78.6. The van der Waals surface area contributed by atoms with Gasteiger partial charge in [0.05, 0.1) is 49.8 Å². The number of rotatable bonds is 14. The number of esters is 1.